The van der Waals surface area contributed by atoms with Crippen molar-refractivity contribution in [3.8, 4) is 0 Å². The summed E-state index contributed by atoms with van der Waals surface area (Å²) in [5.74, 6) is 0.425. The molecule has 1 N–H and O–H groups in total. The first kappa shape index (κ1) is 24.4. The van der Waals surface area contributed by atoms with E-state index in [1.165, 1.54) is 34.6 Å². The summed E-state index contributed by atoms with van der Waals surface area (Å²) in [6.45, 7) is 3.39. The van der Waals surface area contributed by atoms with E-state index in [0.717, 1.165) is 43.1 Å². The highest BCUT2D eigenvalue weighted by molar-refractivity contribution is 7.89. The molecule has 2 aliphatic rings. The van der Waals surface area contributed by atoms with E-state index in [0.29, 0.717) is 11.5 Å². The van der Waals surface area contributed by atoms with E-state index in [4.69, 9.17) is 11.6 Å². The third-order valence-corrected chi connectivity index (χ3v) is 8.87. The first-order chi connectivity index (χ1) is 16.8. The predicted octanol–water partition coefficient (Wildman–Crippen LogP) is 3.94. The zero-order valence-electron chi connectivity index (χ0n) is 19.8. The molecule has 0 amide bonds. The van der Waals surface area contributed by atoms with Crippen LogP contribution in [0.15, 0.2) is 53.7 Å². The number of fused-ring (bicyclic) bond motifs is 1. The number of likely N-dealkylation sites (tertiary alicyclic amines) is 1. The fourth-order valence-corrected chi connectivity index (χ4v) is 6.52. The van der Waals surface area contributed by atoms with Crippen molar-refractivity contribution in [2.45, 2.75) is 36.5 Å². The van der Waals surface area contributed by atoms with Gasteiger partial charge >= 0.3 is 0 Å². The topological polar surface area (TPSA) is 67.2 Å². The quantitative estimate of drug-likeness (QED) is 0.468. The average molecular weight is 517 g/mol. The maximum Gasteiger partial charge on any atom is 0.243 e. The minimum atomic E-state index is -3.68. The van der Waals surface area contributed by atoms with E-state index < -0.39 is 10.0 Å². The van der Waals surface area contributed by atoms with Gasteiger partial charge in [-0.15, -0.1) is 0 Å². The average Bonchev–Trinajstić information content (AvgIpc) is 3.35. The number of halogens is 2. The highest BCUT2D eigenvalue weighted by atomic mass is 35.5. The Balaban J connectivity index is 1.35. The van der Waals surface area contributed by atoms with Crippen molar-refractivity contribution >= 4 is 21.6 Å². The van der Waals surface area contributed by atoms with E-state index in [9.17, 15) is 8.42 Å². The number of rotatable bonds is 9. The summed E-state index contributed by atoms with van der Waals surface area (Å²) in [5, 5.41) is 4.64. The number of aromatic nitrogens is 2. The van der Waals surface area contributed by atoms with Crippen LogP contribution in [0.2, 0.25) is 5.02 Å². The van der Waals surface area contributed by atoms with Crippen LogP contribution in [0.3, 0.4) is 0 Å². The van der Waals surface area contributed by atoms with E-state index in [2.05, 4.69) is 20.8 Å². The SMILES string of the molecule is Cn1cc(S(=O)(=O)NCCc2cc3c(cc2F)CC(CN2CCC2)C3Cc2cccc(Cl)c2)cn1. The van der Waals surface area contributed by atoms with Gasteiger partial charge in [0.15, 0.2) is 0 Å². The molecule has 3 aromatic rings. The van der Waals surface area contributed by atoms with Crippen molar-refractivity contribution < 1.29 is 12.8 Å². The molecule has 2 atom stereocenters. The lowest BCUT2D eigenvalue weighted by atomic mass is 9.85. The number of aryl methyl sites for hydroxylation is 1. The van der Waals surface area contributed by atoms with Crippen LogP contribution in [0, 0.1) is 11.7 Å². The second kappa shape index (κ2) is 10.0. The largest absolute Gasteiger partial charge is 0.303 e. The summed E-state index contributed by atoms with van der Waals surface area (Å²) in [7, 11) is -2.02. The molecular formula is C26H30ClFN4O2S. The Kier molecular flexibility index (Phi) is 6.99. The number of benzene rings is 2. The van der Waals surface area contributed by atoms with Gasteiger partial charge in [-0.3, -0.25) is 4.68 Å². The molecule has 1 aromatic heterocycles. The standard InChI is InChI=1S/C26H30ClFN4O2S/c1-31-17-23(15-29-31)35(33,34)30-7-6-19-13-25-20(14-26(19)28)12-21(16-32-8-3-9-32)24(25)11-18-4-2-5-22(27)10-18/h2,4-5,10,13-15,17,21,24,30H,3,6-9,11-12,16H2,1H3. The van der Waals surface area contributed by atoms with Crippen molar-refractivity contribution in [2.75, 3.05) is 26.2 Å². The van der Waals surface area contributed by atoms with Gasteiger partial charge in [-0.1, -0.05) is 29.8 Å². The zero-order valence-corrected chi connectivity index (χ0v) is 21.3. The van der Waals surface area contributed by atoms with Crippen LogP contribution < -0.4 is 4.72 Å². The third-order valence-electron chi connectivity index (χ3n) is 7.22. The Morgan fingerprint density at radius 3 is 2.74 bits per heavy atom. The molecule has 186 valence electrons. The first-order valence-corrected chi connectivity index (χ1v) is 13.9. The molecule has 1 aliphatic carbocycles. The Morgan fingerprint density at radius 2 is 2.06 bits per heavy atom. The van der Waals surface area contributed by atoms with Crippen LogP contribution in [0.1, 0.15) is 34.6 Å². The molecule has 2 heterocycles. The Labute approximate surface area is 211 Å². The Bertz CT molecular complexity index is 1320. The fraction of sp³-hybridized carbons (Fsp3) is 0.423. The molecule has 2 unspecified atom stereocenters. The van der Waals surface area contributed by atoms with Crippen molar-refractivity contribution in [3.05, 3.63) is 81.9 Å². The molecule has 9 heteroatoms. The smallest absolute Gasteiger partial charge is 0.243 e. The van der Waals surface area contributed by atoms with E-state index in [1.54, 1.807) is 13.1 Å². The zero-order chi connectivity index (χ0) is 24.6. The summed E-state index contributed by atoms with van der Waals surface area (Å²) < 4.78 is 44.0. The van der Waals surface area contributed by atoms with Crippen molar-refractivity contribution in [1.82, 2.24) is 19.4 Å². The van der Waals surface area contributed by atoms with E-state index in [-0.39, 0.29) is 29.6 Å². The van der Waals surface area contributed by atoms with Crippen molar-refractivity contribution in [1.29, 1.82) is 0 Å². The number of nitrogens with one attached hydrogen (secondary N) is 1. The minimum absolute atomic E-state index is 0.102. The molecule has 0 radical (unpaired) electrons. The lowest BCUT2D eigenvalue weighted by Crippen LogP contribution is -2.41. The van der Waals surface area contributed by atoms with Gasteiger partial charge in [0.25, 0.3) is 0 Å². The Morgan fingerprint density at radius 1 is 1.23 bits per heavy atom. The normalized spacial score (nSPS) is 20.1. The number of hydrogen-bond donors (Lipinski definition) is 1. The summed E-state index contributed by atoms with van der Waals surface area (Å²) >= 11 is 6.25. The minimum Gasteiger partial charge on any atom is -0.303 e. The highest BCUT2D eigenvalue weighted by Gasteiger charge is 2.35. The molecule has 1 fully saturated rings. The first-order valence-electron chi connectivity index (χ1n) is 12.0. The van der Waals surface area contributed by atoms with Crippen LogP contribution in [-0.2, 0) is 36.3 Å². The van der Waals surface area contributed by atoms with Gasteiger partial charge in [0, 0.05) is 31.4 Å². The molecule has 6 nitrogen and oxygen atoms in total. The lowest BCUT2D eigenvalue weighted by Gasteiger charge is -2.35. The summed E-state index contributed by atoms with van der Waals surface area (Å²) in [6.07, 6.45) is 5.98. The molecule has 35 heavy (non-hydrogen) atoms. The van der Waals surface area contributed by atoms with Gasteiger partial charge in [0.1, 0.15) is 10.7 Å². The molecule has 5 rings (SSSR count). The summed E-state index contributed by atoms with van der Waals surface area (Å²) in [4.78, 5) is 2.58. The molecular weight excluding hydrogens is 487 g/mol. The van der Waals surface area contributed by atoms with Crippen LogP contribution in [0.25, 0.3) is 0 Å². The van der Waals surface area contributed by atoms with Crippen LogP contribution in [0.5, 0.6) is 0 Å². The summed E-state index contributed by atoms with van der Waals surface area (Å²) in [6, 6.07) is 11.6. The fourth-order valence-electron chi connectivity index (χ4n) is 5.29. The van der Waals surface area contributed by atoms with Crippen LogP contribution >= 0.6 is 11.6 Å². The molecule has 1 saturated heterocycles. The second-order valence-corrected chi connectivity index (χ2v) is 11.9. The van der Waals surface area contributed by atoms with Crippen molar-refractivity contribution in [3.63, 3.8) is 0 Å². The monoisotopic (exact) mass is 516 g/mol. The maximum atomic E-state index is 15.0. The van der Waals surface area contributed by atoms with Gasteiger partial charge in [-0.05, 0) is 91.1 Å². The van der Waals surface area contributed by atoms with Gasteiger partial charge in [0.05, 0.1) is 6.20 Å². The number of sulfonamides is 1. The van der Waals surface area contributed by atoms with E-state index >= 15 is 4.39 Å². The maximum absolute atomic E-state index is 15.0. The highest BCUT2D eigenvalue weighted by Crippen LogP contribution is 2.42. The van der Waals surface area contributed by atoms with Gasteiger partial charge in [-0.2, -0.15) is 5.10 Å². The lowest BCUT2D eigenvalue weighted by molar-refractivity contribution is 0.145. The molecule has 0 saturated carbocycles. The summed E-state index contributed by atoms with van der Waals surface area (Å²) in [5.41, 5.74) is 3.97. The molecule has 0 spiro atoms. The predicted molar refractivity (Wildman–Crippen MR) is 135 cm³/mol. The molecule has 2 aromatic carbocycles. The Hall–Kier alpha value is -2.26. The third kappa shape index (κ3) is 5.45. The van der Waals surface area contributed by atoms with E-state index in [1.807, 2.05) is 24.3 Å². The number of nitrogens with zero attached hydrogens (tertiary/aromatic N) is 3. The molecule has 1 aliphatic heterocycles. The van der Waals surface area contributed by atoms with Gasteiger partial charge < -0.3 is 4.90 Å². The van der Waals surface area contributed by atoms with Crippen LogP contribution in [-0.4, -0.2) is 49.3 Å². The molecule has 0 bridgehead atoms. The second-order valence-electron chi connectivity index (χ2n) is 9.70. The van der Waals surface area contributed by atoms with Crippen molar-refractivity contribution in [2.24, 2.45) is 13.0 Å². The van der Waals surface area contributed by atoms with Gasteiger partial charge in [0.2, 0.25) is 10.0 Å². The number of hydrogen-bond acceptors (Lipinski definition) is 4. The van der Waals surface area contributed by atoms with Gasteiger partial charge in [-0.25, -0.2) is 17.5 Å². The van der Waals surface area contributed by atoms with Crippen LogP contribution in [0.4, 0.5) is 4.39 Å².